The van der Waals surface area contributed by atoms with Gasteiger partial charge in [-0.25, -0.2) is 0 Å². The Morgan fingerprint density at radius 1 is 1.60 bits per heavy atom. The quantitative estimate of drug-likeness (QED) is 0.916. The molecular weight excluding hydrogens is 254 g/mol. The lowest BCUT2D eigenvalue weighted by Gasteiger charge is -2.13. The van der Waals surface area contributed by atoms with Gasteiger partial charge >= 0.3 is 0 Å². The molecule has 1 aliphatic carbocycles. The van der Waals surface area contributed by atoms with Gasteiger partial charge in [0, 0.05) is 18.5 Å². The first-order valence-electron chi connectivity index (χ1n) is 5.64. The van der Waals surface area contributed by atoms with Crippen molar-refractivity contribution in [2.24, 2.45) is 0 Å². The van der Waals surface area contributed by atoms with Crippen molar-refractivity contribution in [1.82, 2.24) is 15.1 Å². The minimum atomic E-state index is 0.666. The zero-order valence-corrected chi connectivity index (χ0v) is 10.9. The van der Waals surface area contributed by atoms with Gasteiger partial charge in [0.25, 0.3) is 0 Å². The highest BCUT2D eigenvalue weighted by molar-refractivity contribution is 9.10. The summed E-state index contributed by atoms with van der Waals surface area (Å²) in [5.41, 5.74) is 1.38. The maximum absolute atomic E-state index is 4.38. The van der Waals surface area contributed by atoms with Crippen molar-refractivity contribution in [1.29, 1.82) is 0 Å². The average molecular weight is 272 g/mol. The van der Waals surface area contributed by atoms with Gasteiger partial charge in [-0.2, -0.15) is 5.10 Å². The Morgan fingerprint density at radius 3 is 3.00 bits per heavy atom. The molecule has 1 aliphatic rings. The molecule has 0 radical (unpaired) electrons. The lowest BCUT2D eigenvalue weighted by Crippen LogP contribution is -2.21. The van der Waals surface area contributed by atoms with Crippen LogP contribution >= 0.6 is 15.9 Å². The highest BCUT2D eigenvalue weighted by Crippen LogP contribution is 2.37. The van der Waals surface area contributed by atoms with Crippen molar-refractivity contribution >= 4 is 15.9 Å². The lowest BCUT2D eigenvalue weighted by molar-refractivity contribution is 0.540. The summed E-state index contributed by atoms with van der Waals surface area (Å²) in [4.78, 5) is 0. The molecule has 1 saturated carbocycles. The van der Waals surface area contributed by atoms with Crippen LogP contribution in [0.3, 0.4) is 0 Å². The summed E-state index contributed by atoms with van der Waals surface area (Å²) in [6.07, 6.45) is 5.71. The van der Waals surface area contributed by atoms with E-state index in [1.54, 1.807) is 0 Å². The van der Waals surface area contributed by atoms with Crippen LogP contribution in [0, 0.1) is 0 Å². The second-order valence-corrected chi connectivity index (χ2v) is 5.04. The summed E-state index contributed by atoms with van der Waals surface area (Å²) < 4.78 is 3.29. The number of aryl methyl sites for hydroxylation is 1. The molecule has 1 aromatic rings. The minimum Gasteiger partial charge on any atom is -0.317 e. The van der Waals surface area contributed by atoms with E-state index in [9.17, 15) is 0 Å². The Kier molecular flexibility index (Phi) is 3.46. The van der Waals surface area contributed by atoms with E-state index in [2.05, 4.69) is 45.0 Å². The van der Waals surface area contributed by atoms with Gasteiger partial charge in [0.05, 0.1) is 16.4 Å². The van der Waals surface area contributed by atoms with E-state index in [-0.39, 0.29) is 0 Å². The molecule has 0 amide bonds. The number of halogens is 1. The summed E-state index contributed by atoms with van der Waals surface area (Å²) >= 11 is 3.61. The number of hydrogen-bond donors (Lipinski definition) is 1. The van der Waals surface area contributed by atoms with E-state index in [0.717, 1.165) is 6.54 Å². The Labute approximate surface area is 99.4 Å². The van der Waals surface area contributed by atoms with Crippen LogP contribution in [-0.2, 0) is 6.54 Å². The number of nitrogens with one attached hydrogen (secondary N) is 1. The number of nitrogens with zero attached hydrogens (tertiary/aromatic N) is 2. The van der Waals surface area contributed by atoms with Crippen molar-refractivity contribution in [3.05, 3.63) is 16.4 Å². The molecule has 2 rings (SSSR count). The molecular formula is C11H18BrN3. The van der Waals surface area contributed by atoms with E-state index >= 15 is 0 Å². The average Bonchev–Trinajstić information content (AvgIpc) is 2.83. The second kappa shape index (κ2) is 4.66. The SMILES string of the molecule is CCn1ncc(Br)c1C1CCC(NC)C1. The fraction of sp³-hybridized carbons (Fsp3) is 0.727. The van der Waals surface area contributed by atoms with Crippen LogP contribution in [0.25, 0.3) is 0 Å². The van der Waals surface area contributed by atoms with Crippen LogP contribution < -0.4 is 5.32 Å². The molecule has 0 aliphatic heterocycles. The predicted octanol–water partition coefficient (Wildman–Crippen LogP) is 2.52. The summed E-state index contributed by atoms with van der Waals surface area (Å²) in [5.74, 6) is 0.666. The molecule has 2 atom stereocenters. The fourth-order valence-electron chi connectivity index (χ4n) is 2.52. The van der Waals surface area contributed by atoms with Crippen molar-refractivity contribution < 1.29 is 0 Å². The van der Waals surface area contributed by atoms with Crippen LogP contribution in [0.1, 0.15) is 37.8 Å². The van der Waals surface area contributed by atoms with Gasteiger partial charge < -0.3 is 5.32 Å². The number of rotatable bonds is 3. The van der Waals surface area contributed by atoms with Crippen molar-refractivity contribution in [2.45, 2.75) is 44.7 Å². The highest BCUT2D eigenvalue weighted by atomic mass is 79.9. The second-order valence-electron chi connectivity index (χ2n) is 4.19. The summed E-state index contributed by atoms with van der Waals surface area (Å²) in [6, 6.07) is 0.683. The molecule has 84 valence electrons. The number of hydrogen-bond acceptors (Lipinski definition) is 2. The van der Waals surface area contributed by atoms with E-state index in [4.69, 9.17) is 0 Å². The van der Waals surface area contributed by atoms with Gasteiger partial charge in [-0.3, -0.25) is 4.68 Å². The minimum absolute atomic E-state index is 0.666. The standard InChI is InChI=1S/C11H18BrN3/c1-3-15-11(10(12)7-14-15)8-4-5-9(6-8)13-2/h7-9,13H,3-6H2,1-2H3. The third kappa shape index (κ3) is 2.11. The molecule has 3 nitrogen and oxygen atoms in total. The Morgan fingerprint density at radius 2 is 2.40 bits per heavy atom. The third-order valence-electron chi connectivity index (χ3n) is 3.36. The maximum atomic E-state index is 4.38. The van der Waals surface area contributed by atoms with Gasteiger partial charge in [-0.05, 0) is 49.2 Å². The molecule has 0 bridgehead atoms. The van der Waals surface area contributed by atoms with Crippen molar-refractivity contribution in [2.75, 3.05) is 7.05 Å². The van der Waals surface area contributed by atoms with Gasteiger partial charge in [0.2, 0.25) is 0 Å². The molecule has 2 unspecified atom stereocenters. The van der Waals surface area contributed by atoms with Crippen LogP contribution in [0.4, 0.5) is 0 Å². The van der Waals surface area contributed by atoms with Crippen LogP contribution in [-0.4, -0.2) is 22.9 Å². The van der Waals surface area contributed by atoms with Gasteiger partial charge in [0.1, 0.15) is 0 Å². The lowest BCUT2D eigenvalue weighted by atomic mass is 10.0. The van der Waals surface area contributed by atoms with Gasteiger partial charge in [-0.1, -0.05) is 0 Å². The molecule has 15 heavy (non-hydrogen) atoms. The highest BCUT2D eigenvalue weighted by Gasteiger charge is 2.28. The number of aromatic nitrogens is 2. The first kappa shape index (κ1) is 11.1. The van der Waals surface area contributed by atoms with E-state index in [0.29, 0.717) is 12.0 Å². The first-order valence-corrected chi connectivity index (χ1v) is 6.44. The van der Waals surface area contributed by atoms with Crippen LogP contribution in [0.2, 0.25) is 0 Å². The largest absolute Gasteiger partial charge is 0.317 e. The first-order chi connectivity index (χ1) is 7.26. The third-order valence-corrected chi connectivity index (χ3v) is 3.97. The van der Waals surface area contributed by atoms with Crippen LogP contribution in [0.15, 0.2) is 10.7 Å². The summed E-state index contributed by atoms with van der Waals surface area (Å²) in [5, 5.41) is 7.75. The molecule has 0 spiro atoms. The molecule has 1 heterocycles. The molecule has 1 aromatic heterocycles. The summed E-state index contributed by atoms with van der Waals surface area (Å²) in [6.45, 7) is 3.11. The van der Waals surface area contributed by atoms with E-state index < -0.39 is 0 Å². The topological polar surface area (TPSA) is 29.9 Å². The Balaban J connectivity index is 2.19. The zero-order chi connectivity index (χ0) is 10.8. The monoisotopic (exact) mass is 271 g/mol. The van der Waals surface area contributed by atoms with Crippen LogP contribution in [0.5, 0.6) is 0 Å². The summed E-state index contributed by atoms with van der Waals surface area (Å²) in [7, 11) is 2.05. The molecule has 4 heteroatoms. The zero-order valence-electron chi connectivity index (χ0n) is 9.33. The maximum Gasteiger partial charge on any atom is 0.0635 e. The van der Waals surface area contributed by atoms with E-state index in [1.807, 2.05) is 6.20 Å². The normalized spacial score (nSPS) is 26.1. The smallest absolute Gasteiger partial charge is 0.0635 e. The molecule has 0 aromatic carbocycles. The van der Waals surface area contributed by atoms with E-state index in [1.165, 1.54) is 29.4 Å². The van der Waals surface area contributed by atoms with Crippen molar-refractivity contribution in [3.63, 3.8) is 0 Å². The molecule has 0 saturated heterocycles. The molecule has 1 fully saturated rings. The van der Waals surface area contributed by atoms with Gasteiger partial charge in [0.15, 0.2) is 0 Å². The predicted molar refractivity (Wildman–Crippen MR) is 65.0 cm³/mol. The Bertz CT molecular complexity index is 335. The molecule has 1 N–H and O–H groups in total. The van der Waals surface area contributed by atoms with Crippen molar-refractivity contribution in [3.8, 4) is 0 Å². The Hall–Kier alpha value is -0.350. The fourth-order valence-corrected chi connectivity index (χ4v) is 3.14. The van der Waals surface area contributed by atoms with Gasteiger partial charge in [-0.15, -0.1) is 0 Å².